The Labute approximate surface area is 292 Å². The highest BCUT2D eigenvalue weighted by Crippen LogP contribution is 2.39. The monoisotopic (exact) mass is 664 g/mol. The van der Waals surface area contributed by atoms with Gasteiger partial charge in [0.05, 0.1) is 0 Å². The Morgan fingerprint density at radius 2 is 0.936 bits per heavy atom. The van der Waals surface area contributed by atoms with E-state index in [1.807, 2.05) is 0 Å². The molecule has 0 bridgehead atoms. The summed E-state index contributed by atoms with van der Waals surface area (Å²) in [7, 11) is 0. The molecule has 5 nitrogen and oxygen atoms in total. The number of Topliss-reactive ketones (excluding diaryl/α,β-unsaturated/α-hetero) is 1. The van der Waals surface area contributed by atoms with E-state index < -0.39 is 22.9 Å². The van der Waals surface area contributed by atoms with Crippen LogP contribution < -0.4 is 5.73 Å². The van der Waals surface area contributed by atoms with Crippen LogP contribution in [0.1, 0.15) is 239 Å². The minimum atomic E-state index is -2.28. The van der Waals surface area contributed by atoms with Crippen LogP contribution in [-0.4, -0.2) is 33.1 Å². The number of unbranched alkanes of at least 4 members (excludes halogenated alkanes) is 25. The normalized spacial score (nSPS) is 20.0. The van der Waals surface area contributed by atoms with Crippen LogP contribution in [0.2, 0.25) is 0 Å². The van der Waals surface area contributed by atoms with Crippen LogP contribution in [-0.2, 0) is 9.59 Å². The molecule has 3 atom stereocenters. The molecule has 0 aromatic heterocycles. The topological polar surface area (TPSA) is 101 Å². The molecule has 278 valence electrons. The molecule has 1 saturated carbocycles. The molecule has 1 aliphatic carbocycles. The van der Waals surface area contributed by atoms with E-state index in [2.05, 4.69) is 13.8 Å². The van der Waals surface area contributed by atoms with E-state index in [1.165, 1.54) is 135 Å². The number of primary amides is 1. The number of carbonyl (C=O) groups is 2. The molecule has 0 aromatic rings. The van der Waals surface area contributed by atoms with Gasteiger partial charge in [-0.05, 0) is 38.0 Å². The van der Waals surface area contributed by atoms with Gasteiger partial charge in [0, 0.05) is 0 Å². The first kappa shape index (κ1) is 44.1. The number of aliphatic hydroxyl groups is 2. The van der Waals surface area contributed by atoms with Gasteiger partial charge in [0.15, 0.2) is 0 Å². The molecular weight excluding hydrogens is 582 g/mol. The quantitative estimate of drug-likeness (QED) is 0.0492. The summed E-state index contributed by atoms with van der Waals surface area (Å²) in [5.41, 5.74) is 1.76. The zero-order chi connectivity index (χ0) is 34.5. The van der Waals surface area contributed by atoms with Crippen molar-refractivity contribution >= 4 is 11.7 Å². The van der Waals surface area contributed by atoms with Crippen LogP contribution in [0.5, 0.6) is 0 Å². The van der Waals surface area contributed by atoms with Gasteiger partial charge in [0.2, 0.25) is 11.4 Å². The SMILES string of the molecule is CCCCCCCCCCCCCCCCC(O)(C(N)=O)C(=O)C1(O)CCCCCCC1CCCCCCCCCCCCCCC. The summed E-state index contributed by atoms with van der Waals surface area (Å²) in [5.74, 6) is -1.92. The molecule has 4 N–H and O–H groups in total. The Kier molecular flexibility index (Phi) is 27.1. The molecule has 0 saturated heterocycles. The fourth-order valence-electron chi connectivity index (χ4n) is 7.95. The van der Waals surface area contributed by atoms with Crippen LogP contribution in [0.25, 0.3) is 0 Å². The summed E-state index contributed by atoms with van der Waals surface area (Å²) in [6.07, 6.45) is 39.3. The molecule has 0 aromatic carbocycles. The average Bonchev–Trinajstić information content (AvgIpc) is 3.05. The van der Waals surface area contributed by atoms with E-state index in [4.69, 9.17) is 5.73 Å². The fraction of sp³-hybridized carbons (Fsp3) is 0.952. The summed E-state index contributed by atoms with van der Waals surface area (Å²) in [5, 5.41) is 23.4. The molecule has 0 heterocycles. The van der Waals surface area contributed by atoms with E-state index >= 15 is 0 Å². The third-order valence-electron chi connectivity index (χ3n) is 11.3. The summed E-state index contributed by atoms with van der Waals surface area (Å²) < 4.78 is 0. The number of hydrogen-bond donors (Lipinski definition) is 3. The highest BCUT2D eigenvalue weighted by atomic mass is 16.3. The first-order valence-corrected chi connectivity index (χ1v) is 21.1. The molecule has 0 spiro atoms. The van der Waals surface area contributed by atoms with Gasteiger partial charge < -0.3 is 15.9 Å². The lowest BCUT2D eigenvalue weighted by Gasteiger charge is -2.41. The predicted molar refractivity (Wildman–Crippen MR) is 201 cm³/mol. The summed E-state index contributed by atoms with van der Waals surface area (Å²) in [4.78, 5) is 26.6. The van der Waals surface area contributed by atoms with Gasteiger partial charge in [0.25, 0.3) is 5.91 Å². The Bertz CT molecular complexity index is 757. The van der Waals surface area contributed by atoms with Gasteiger partial charge in [-0.2, -0.15) is 0 Å². The second-order valence-electron chi connectivity index (χ2n) is 15.5. The fourth-order valence-corrected chi connectivity index (χ4v) is 7.95. The Morgan fingerprint density at radius 3 is 1.34 bits per heavy atom. The lowest BCUT2D eigenvalue weighted by molar-refractivity contribution is -0.171. The van der Waals surface area contributed by atoms with Crippen LogP contribution in [0.4, 0.5) is 0 Å². The van der Waals surface area contributed by atoms with Crippen molar-refractivity contribution in [1.82, 2.24) is 0 Å². The van der Waals surface area contributed by atoms with Gasteiger partial charge in [-0.1, -0.05) is 206 Å². The van der Waals surface area contributed by atoms with Crippen molar-refractivity contribution in [3.05, 3.63) is 0 Å². The van der Waals surface area contributed by atoms with Gasteiger partial charge in [-0.25, -0.2) is 0 Å². The first-order chi connectivity index (χ1) is 22.8. The maximum Gasteiger partial charge on any atom is 0.257 e. The van der Waals surface area contributed by atoms with Gasteiger partial charge in [-0.3, -0.25) is 9.59 Å². The smallest absolute Gasteiger partial charge is 0.257 e. The average molecular weight is 664 g/mol. The van der Waals surface area contributed by atoms with Crippen molar-refractivity contribution in [3.8, 4) is 0 Å². The largest absolute Gasteiger partial charge is 0.382 e. The van der Waals surface area contributed by atoms with Crippen molar-refractivity contribution < 1.29 is 19.8 Å². The zero-order valence-electron chi connectivity index (χ0n) is 31.6. The highest BCUT2D eigenvalue weighted by Gasteiger charge is 2.54. The van der Waals surface area contributed by atoms with Gasteiger partial charge in [-0.15, -0.1) is 0 Å². The maximum atomic E-state index is 14.0. The van der Waals surface area contributed by atoms with Crippen LogP contribution >= 0.6 is 0 Å². The van der Waals surface area contributed by atoms with E-state index in [9.17, 15) is 19.8 Å². The predicted octanol–water partition coefficient (Wildman–Crippen LogP) is 11.8. The van der Waals surface area contributed by atoms with Crippen LogP contribution in [0.15, 0.2) is 0 Å². The number of ketones is 1. The minimum Gasteiger partial charge on any atom is -0.382 e. The number of rotatable bonds is 32. The summed E-state index contributed by atoms with van der Waals surface area (Å²) >= 11 is 0. The molecule has 47 heavy (non-hydrogen) atoms. The Morgan fingerprint density at radius 1 is 0.574 bits per heavy atom. The molecule has 3 unspecified atom stereocenters. The molecule has 5 heteroatoms. The Hall–Kier alpha value is -0.940. The second-order valence-corrected chi connectivity index (χ2v) is 15.5. The van der Waals surface area contributed by atoms with E-state index in [-0.39, 0.29) is 12.3 Å². The van der Waals surface area contributed by atoms with Gasteiger partial charge in [0.1, 0.15) is 5.60 Å². The van der Waals surface area contributed by atoms with Gasteiger partial charge >= 0.3 is 0 Å². The van der Waals surface area contributed by atoms with E-state index in [1.54, 1.807) is 0 Å². The van der Waals surface area contributed by atoms with Crippen molar-refractivity contribution in [2.24, 2.45) is 11.7 Å². The molecular formula is C42H81NO4. The lowest BCUT2D eigenvalue weighted by Crippen LogP contribution is -2.62. The summed E-state index contributed by atoms with van der Waals surface area (Å²) in [6.45, 7) is 4.53. The number of carbonyl (C=O) groups excluding carboxylic acids is 2. The van der Waals surface area contributed by atoms with Crippen molar-refractivity contribution in [1.29, 1.82) is 0 Å². The molecule has 1 amide bonds. The van der Waals surface area contributed by atoms with E-state index in [0.29, 0.717) is 12.8 Å². The van der Waals surface area contributed by atoms with Crippen molar-refractivity contribution in [3.63, 3.8) is 0 Å². The molecule has 0 radical (unpaired) electrons. The number of amides is 1. The first-order valence-electron chi connectivity index (χ1n) is 21.1. The molecule has 1 rings (SSSR count). The lowest BCUT2D eigenvalue weighted by atomic mass is 9.68. The molecule has 1 aliphatic rings. The Balaban J connectivity index is 2.42. The maximum absolute atomic E-state index is 14.0. The van der Waals surface area contributed by atoms with Crippen molar-refractivity contribution in [2.45, 2.75) is 250 Å². The second kappa shape index (κ2) is 28.9. The van der Waals surface area contributed by atoms with Crippen LogP contribution in [0.3, 0.4) is 0 Å². The zero-order valence-corrected chi connectivity index (χ0v) is 31.6. The standard InChI is InChI=1S/C42H81NO4/c1-3-5-7-9-11-13-15-17-19-21-23-25-28-33-37-42(47,40(43)45)39(44)41(46)36-32-29-27-31-35-38(41)34-30-26-24-22-20-18-16-14-12-10-8-6-4-2/h38,46-47H,3-37H2,1-2H3,(H2,43,45). The number of nitrogens with two attached hydrogens (primary N) is 1. The highest BCUT2D eigenvalue weighted by molar-refractivity contribution is 6.12. The number of hydrogen-bond acceptors (Lipinski definition) is 4. The van der Waals surface area contributed by atoms with Crippen LogP contribution in [0, 0.1) is 5.92 Å². The minimum absolute atomic E-state index is 0.0208. The summed E-state index contributed by atoms with van der Waals surface area (Å²) in [6, 6.07) is 0. The molecule has 1 fully saturated rings. The molecule has 0 aliphatic heterocycles. The van der Waals surface area contributed by atoms with Crippen molar-refractivity contribution in [2.75, 3.05) is 0 Å². The third kappa shape index (κ3) is 19.7. The van der Waals surface area contributed by atoms with E-state index in [0.717, 1.165) is 70.6 Å². The third-order valence-corrected chi connectivity index (χ3v) is 11.3.